The molecular weight excluding hydrogens is 330 g/mol. The minimum atomic E-state index is -0.00820. The van der Waals surface area contributed by atoms with Crippen LogP contribution < -0.4 is 5.32 Å². The van der Waals surface area contributed by atoms with E-state index in [0.717, 1.165) is 44.8 Å². The van der Waals surface area contributed by atoms with Crippen molar-refractivity contribution in [2.45, 2.75) is 25.3 Å². The number of hydrogen-bond donors (Lipinski definition) is 1. The molecule has 1 amide bonds. The average molecular weight is 355 g/mol. The van der Waals surface area contributed by atoms with Crippen molar-refractivity contribution in [3.8, 4) is 5.69 Å². The first-order chi connectivity index (χ1) is 12.8. The van der Waals surface area contributed by atoms with E-state index in [1.807, 2.05) is 35.0 Å². The van der Waals surface area contributed by atoms with Crippen LogP contribution in [0.3, 0.4) is 0 Å². The Hall–Kier alpha value is -2.18. The van der Waals surface area contributed by atoms with Crippen molar-refractivity contribution < 1.29 is 14.3 Å². The highest BCUT2D eigenvalue weighted by atomic mass is 16.5. The van der Waals surface area contributed by atoms with Crippen molar-refractivity contribution in [1.82, 2.24) is 14.9 Å². The Morgan fingerprint density at radius 2 is 1.85 bits per heavy atom. The number of imidazole rings is 1. The fraction of sp³-hybridized carbons (Fsp3) is 0.500. The van der Waals surface area contributed by atoms with E-state index in [2.05, 4.69) is 10.3 Å². The number of carbonyl (C=O) groups is 1. The van der Waals surface area contributed by atoms with E-state index in [9.17, 15) is 4.79 Å². The Balaban J connectivity index is 1.42. The summed E-state index contributed by atoms with van der Waals surface area (Å²) in [6.07, 6.45) is 8.36. The summed E-state index contributed by atoms with van der Waals surface area (Å²) in [7, 11) is 0. The van der Waals surface area contributed by atoms with E-state index < -0.39 is 0 Å². The zero-order valence-corrected chi connectivity index (χ0v) is 14.8. The molecule has 6 heteroatoms. The smallest absolute Gasteiger partial charge is 0.251 e. The molecule has 2 aliphatic heterocycles. The topological polar surface area (TPSA) is 65.4 Å². The number of amides is 1. The monoisotopic (exact) mass is 355 g/mol. The first-order valence-corrected chi connectivity index (χ1v) is 9.36. The first kappa shape index (κ1) is 17.2. The molecule has 0 aliphatic carbocycles. The van der Waals surface area contributed by atoms with Gasteiger partial charge in [-0.05, 0) is 49.4 Å². The second kappa shape index (κ2) is 8.01. The highest BCUT2D eigenvalue weighted by Crippen LogP contribution is 2.30. The largest absolute Gasteiger partial charge is 0.381 e. The van der Waals surface area contributed by atoms with E-state index in [1.165, 1.54) is 0 Å². The molecule has 0 radical (unpaired) electrons. The lowest BCUT2D eigenvalue weighted by Gasteiger charge is -2.39. The summed E-state index contributed by atoms with van der Waals surface area (Å²) in [4.78, 5) is 16.8. The maximum Gasteiger partial charge on any atom is 0.251 e. The number of benzene rings is 1. The third-order valence-electron chi connectivity index (χ3n) is 5.52. The summed E-state index contributed by atoms with van der Waals surface area (Å²) in [5, 5.41) is 3.26. The van der Waals surface area contributed by atoms with Gasteiger partial charge in [0.1, 0.15) is 0 Å². The summed E-state index contributed by atoms with van der Waals surface area (Å²) < 4.78 is 13.1. The molecule has 0 saturated carbocycles. The highest BCUT2D eigenvalue weighted by molar-refractivity contribution is 5.94. The Morgan fingerprint density at radius 1 is 1.08 bits per heavy atom. The fourth-order valence-electron chi connectivity index (χ4n) is 4.00. The van der Waals surface area contributed by atoms with Crippen LogP contribution in [-0.4, -0.2) is 47.9 Å². The number of ether oxygens (including phenoxy) is 2. The van der Waals surface area contributed by atoms with Gasteiger partial charge in [-0.2, -0.15) is 0 Å². The molecule has 2 aromatic rings. The van der Waals surface area contributed by atoms with Gasteiger partial charge in [-0.1, -0.05) is 0 Å². The van der Waals surface area contributed by atoms with Crippen LogP contribution in [0.2, 0.25) is 0 Å². The minimum absolute atomic E-state index is 0.00820. The quantitative estimate of drug-likeness (QED) is 0.915. The minimum Gasteiger partial charge on any atom is -0.381 e. The van der Waals surface area contributed by atoms with Crippen LogP contribution in [0.25, 0.3) is 5.69 Å². The fourth-order valence-corrected chi connectivity index (χ4v) is 4.00. The third-order valence-corrected chi connectivity index (χ3v) is 5.52. The van der Waals surface area contributed by atoms with Crippen molar-refractivity contribution in [3.63, 3.8) is 0 Å². The molecule has 1 aromatic carbocycles. The van der Waals surface area contributed by atoms with Gasteiger partial charge >= 0.3 is 0 Å². The van der Waals surface area contributed by atoms with Gasteiger partial charge in [0.05, 0.1) is 12.9 Å². The maximum absolute atomic E-state index is 12.7. The summed E-state index contributed by atoms with van der Waals surface area (Å²) in [5.41, 5.74) is 1.68. The van der Waals surface area contributed by atoms with Crippen LogP contribution in [0, 0.1) is 11.8 Å². The van der Waals surface area contributed by atoms with Crippen molar-refractivity contribution in [2.24, 2.45) is 11.8 Å². The second-order valence-electron chi connectivity index (χ2n) is 7.07. The molecule has 2 saturated heterocycles. The normalized spacial score (nSPS) is 24.3. The molecule has 3 heterocycles. The molecule has 0 unspecified atom stereocenters. The lowest BCUT2D eigenvalue weighted by atomic mass is 9.79. The van der Waals surface area contributed by atoms with Gasteiger partial charge in [0.25, 0.3) is 5.91 Å². The SMILES string of the molecule is O=C(N[C@H]1CCOC[C@H]1C1CCOCC1)c1ccc(-n2ccnc2)cc1. The van der Waals surface area contributed by atoms with Gasteiger partial charge in [0, 0.05) is 55.4 Å². The molecule has 26 heavy (non-hydrogen) atoms. The lowest BCUT2D eigenvalue weighted by molar-refractivity contribution is -0.0259. The standard InChI is InChI=1S/C20H25N3O3/c24-20(16-1-3-17(4-2-16)23-9-8-21-14-23)22-19-7-12-26-13-18(19)15-5-10-25-11-6-15/h1-4,8-9,14-15,18-19H,5-7,10-13H2,(H,22,24)/t18-,19-/m0/s1. The molecule has 0 spiro atoms. The van der Waals surface area contributed by atoms with Crippen LogP contribution in [0.4, 0.5) is 0 Å². The van der Waals surface area contributed by atoms with Gasteiger partial charge < -0.3 is 19.4 Å². The van der Waals surface area contributed by atoms with Crippen LogP contribution in [0.5, 0.6) is 0 Å². The van der Waals surface area contributed by atoms with Gasteiger partial charge in [-0.3, -0.25) is 4.79 Å². The average Bonchev–Trinajstić information content (AvgIpc) is 3.24. The highest BCUT2D eigenvalue weighted by Gasteiger charge is 2.34. The van der Waals surface area contributed by atoms with Gasteiger partial charge in [-0.15, -0.1) is 0 Å². The first-order valence-electron chi connectivity index (χ1n) is 9.36. The predicted octanol–water partition coefficient (Wildman–Crippen LogP) is 2.43. The molecule has 138 valence electrons. The van der Waals surface area contributed by atoms with Crippen molar-refractivity contribution in [2.75, 3.05) is 26.4 Å². The van der Waals surface area contributed by atoms with E-state index >= 15 is 0 Å². The van der Waals surface area contributed by atoms with Gasteiger partial charge in [0.15, 0.2) is 0 Å². The van der Waals surface area contributed by atoms with Crippen LogP contribution in [0.15, 0.2) is 43.0 Å². The molecule has 2 aliphatic rings. The number of nitrogens with one attached hydrogen (secondary N) is 1. The van der Waals surface area contributed by atoms with Crippen LogP contribution in [0.1, 0.15) is 29.6 Å². The van der Waals surface area contributed by atoms with Crippen LogP contribution >= 0.6 is 0 Å². The van der Waals surface area contributed by atoms with Gasteiger partial charge in [-0.25, -0.2) is 4.98 Å². The maximum atomic E-state index is 12.7. The molecule has 4 rings (SSSR count). The van der Waals surface area contributed by atoms with Crippen molar-refractivity contribution in [3.05, 3.63) is 48.5 Å². The zero-order valence-electron chi connectivity index (χ0n) is 14.8. The summed E-state index contributed by atoms with van der Waals surface area (Å²) >= 11 is 0. The number of hydrogen-bond acceptors (Lipinski definition) is 4. The Bertz CT molecular complexity index is 708. The number of carbonyl (C=O) groups excluding carboxylic acids is 1. The molecule has 2 atom stereocenters. The Labute approximate surface area is 153 Å². The lowest BCUT2D eigenvalue weighted by Crippen LogP contribution is -2.49. The van der Waals surface area contributed by atoms with E-state index in [0.29, 0.717) is 24.0 Å². The van der Waals surface area contributed by atoms with E-state index in [1.54, 1.807) is 12.5 Å². The number of aromatic nitrogens is 2. The van der Waals surface area contributed by atoms with Crippen LogP contribution in [-0.2, 0) is 9.47 Å². The summed E-state index contributed by atoms with van der Waals surface area (Å²) in [6.45, 7) is 3.08. The summed E-state index contributed by atoms with van der Waals surface area (Å²) in [6, 6.07) is 7.79. The van der Waals surface area contributed by atoms with Gasteiger partial charge in [0.2, 0.25) is 0 Å². The van der Waals surface area contributed by atoms with Crippen molar-refractivity contribution in [1.29, 1.82) is 0 Å². The Kier molecular flexibility index (Phi) is 5.32. The molecule has 2 fully saturated rings. The second-order valence-corrected chi connectivity index (χ2v) is 7.07. The molecular formula is C20H25N3O3. The molecule has 1 aromatic heterocycles. The summed E-state index contributed by atoms with van der Waals surface area (Å²) in [5.74, 6) is 0.936. The number of nitrogens with zero attached hydrogens (tertiary/aromatic N) is 2. The van der Waals surface area contributed by atoms with Crippen molar-refractivity contribution >= 4 is 5.91 Å². The molecule has 0 bridgehead atoms. The van der Waals surface area contributed by atoms with E-state index in [-0.39, 0.29) is 11.9 Å². The Morgan fingerprint density at radius 3 is 2.58 bits per heavy atom. The van der Waals surface area contributed by atoms with E-state index in [4.69, 9.17) is 9.47 Å². The molecule has 6 nitrogen and oxygen atoms in total. The predicted molar refractivity (Wildman–Crippen MR) is 97.3 cm³/mol. The third kappa shape index (κ3) is 3.81. The molecule has 1 N–H and O–H groups in total. The zero-order chi connectivity index (χ0) is 17.8. The number of rotatable bonds is 4.